The number of anilines is 1. The van der Waals surface area contributed by atoms with Crippen LogP contribution in [0.1, 0.15) is 31.2 Å². The summed E-state index contributed by atoms with van der Waals surface area (Å²) < 4.78 is 0.888. The minimum absolute atomic E-state index is 0.0159. The first-order valence-corrected chi connectivity index (χ1v) is 8.46. The molecule has 0 radical (unpaired) electrons. The van der Waals surface area contributed by atoms with Gasteiger partial charge in [-0.25, -0.2) is 4.98 Å². The molecular weight excluding hydrogens is 364 g/mol. The molecule has 114 valence electrons. The Balaban J connectivity index is 1.88. The monoisotopic (exact) mass is 378 g/mol. The van der Waals surface area contributed by atoms with E-state index in [2.05, 4.69) is 26.2 Å². The number of carbonyl (C=O) groups excluding carboxylic acids is 1. The lowest BCUT2D eigenvalue weighted by Gasteiger charge is -2.28. The molecule has 0 spiro atoms. The van der Waals surface area contributed by atoms with E-state index >= 15 is 0 Å². The van der Waals surface area contributed by atoms with Crippen LogP contribution in [0.15, 0.2) is 47.1 Å². The van der Waals surface area contributed by atoms with Crippen molar-refractivity contribution in [3.63, 3.8) is 0 Å². The highest BCUT2D eigenvalue weighted by Gasteiger charge is 2.42. The third kappa shape index (κ3) is 3.03. The quantitative estimate of drug-likeness (QED) is 0.820. The van der Waals surface area contributed by atoms with Crippen LogP contribution < -0.4 is 5.32 Å². The first-order valence-electron chi connectivity index (χ1n) is 7.29. The van der Waals surface area contributed by atoms with E-state index in [1.54, 1.807) is 12.3 Å². The molecule has 1 saturated carbocycles. The molecule has 1 amide bonds. The van der Waals surface area contributed by atoms with Crippen LogP contribution in [0.4, 0.5) is 5.82 Å². The zero-order chi connectivity index (χ0) is 15.6. The average Bonchev–Trinajstić information content (AvgIpc) is 3.01. The second kappa shape index (κ2) is 6.39. The highest BCUT2D eigenvalue weighted by molar-refractivity contribution is 9.10. The summed E-state index contributed by atoms with van der Waals surface area (Å²) in [6, 6.07) is 11.3. The summed E-state index contributed by atoms with van der Waals surface area (Å²) in [6.07, 6.45) is 5.51. The van der Waals surface area contributed by atoms with Crippen molar-refractivity contribution in [3.05, 3.63) is 57.7 Å². The highest BCUT2D eigenvalue weighted by Crippen LogP contribution is 2.42. The summed E-state index contributed by atoms with van der Waals surface area (Å²) in [7, 11) is 0. The zero-order valence-corrected chi connectivity index (χ0v) is 14.3. The maximum Gasteiger partial charge on any atom is 0.236 e. The third-order valence-corrected chi connectivity index (χ3v) is 4.98. The van der Waals surface area contributed by atoms with Crippen molar-refractivity contribution >= 4 is 39.3 Å². The molecule has 1 heterocycles. The van der Waals surface area contributed by atoms with Gasteiger partial charge < -0.3 is 5.32 Å². The van der Waals surface area contributed by atoms with Crippen molar-refractivity contribution in [2.24, 2.45) is 0 Å². The van der Waals surface area contributed by atoms with E-state index in [0.717, 1.165) is 35.7 Å². The molecule has 0 bridgehead atoms. The van der Waals surface area contributed by atoms with Gasteiger partial charge in [-0.2, -0.15) is 0 Å². The van der Waals surface area contributed by atoms with Crippen LogP contribution in [0, 0.1) is 0 Å². The average molecular weight is 380 g/mol. The van der Waals surface area contributed by atoms with Crippen molar-refractivity contribution < 1.29 is 4.79 Å². The van der Waals surface area contributed by atoms with Gasteiger partial charge in [-0.15, -0.1) is 0 Å². The summed E-state index contributed by atoms with van der Waals surface area (Å²) >= 11 is 9.32. The first-order chi connectivity index (χ1) is 10.6. The Kier molecular flexibility index (Phi) is 4.50. The molecule has 1 aromatic carbocycles. The summed E-state index contributed by atoms with van der Waals surface area (Å²) in [4.78, 5) is 17.1. The number of pyridine rings is 1. The molecule has 3 nitrogen and oxygen atoms in total. The fourth-order valence-corrected chi connectivity index (χ4v) is 3.44. The summed E-state index contributed by atoms with van der Waals surface area (Å²) in [5.74, 6) is 0.593. The van der Waals surface area contributed by atoms with Gasteiger partial charge in [-0.3, -0.25) is 4.79 Å². The van der Waals surface area contributed by atoms with Crippen LogP contribution in [0.3, 0.4) is 0 Å². The van der Waals surface area contributed by atoms with E-state index in [0.29, 0.717) is 10.8 Å². The van der Waals surface area contributed by atoms with E-state index in [4.69, 9.17) is 11.6 Å². The van der Waals surface area contributed by atoms with Gasteiger partial charge in [0.25, 0.3) is 0 Å². The number of benzene rings is 1. The first kappa shape index (κ1) is 15.5. The number of nitrogens with zero attached hydrogens (tertiary/aromatic N) is 1. The van der Waals surface area contributed by atoms with Gasteiger partial charge in [0.05, 0.1) is 5.41 Å². The van der Waals surface area contributed by atoms with Crippen LogP contribution in [0.25, 0.3) is 0 Å². The number of hydrogen-bond donors (Lipinski definition) is 1. The molecule has 0 aliphatic heterocycles. The van der Waals surface area contributed by atoms with Crippen LogP contribution in [-0.4, -0.2) is 10.9 Å². The number of nitrogens with one attached hydrogen (secondary N) is 1. The highest BCUT2D eigenvalue weighted by atomic mass is 79.9. The maximum absolute atomic E-state index is 12.9. The Labute approximate surface area is 143 Å². The SMILES string of the molecule is O=C(Nc1ccc(Br)cn1)C1(c2ccc(Cl)cc2)CCCC1. The van der Waals surface area contributed by atoms with Gasteiger partial charge in [0, 0.05) is 15.7 Å². The Morgan fingerprint density at radius 3 is 2.41 bits per heavy atom. The molecule has 22 heavy (non-hydrogen) atoms. The molecule has 2 aromatic rings. The number of halogens is 2. The molecule has 5 heteroatoms. The minimum atomic E-state index is -0.473. The number of carbonyl (C=O) groups is 1. The van der Waals surface area contributed by atoms with Crippen LogP contribution >= 0.6 is 27.5 Å². The molecule has 1 fully saturated rings. The zero-order valence-electron chi connectivity index (χ0n) is 12.0. The summed E-state index contributed by atoms with van der Waals surface area (Å²) in [6.45, 7) is 0. The fourth-order valence-electron chi connectivity index (χ4n) is 3.08. The van der Waals surface area contributed by atoms with Crippen molar-refractivity contribution in [3.8, 4) is 0 Å². The molecule has 0 atom stereocenters. The normalized spacial score (nSPS) is 16.5. The third-order valence-electron chi connectivity index (χ3n) is 4.26. The molecule has 0 saturated heterocycles. The Bertz CT molecular complexity index is 664. The molecule has 0 unspecified atom stereocenters. The fraction of sp³-hybridized carbons (Fsp3) is 0.294. The Hall–Kier alpha value is -1.39. The van der Waals surface area contributed by atoms with Crippen LogP contribution in [0.5, 0.6) is 0 Å². The lowest BCUT2D eigenvalue weighted by Crippen LogP contribution is -2.38. The maximum atomic E-state index is 12.9. The van der Waals surface area contributed by atoms with E-state index in [9.17, 15) is 4.79 Å². The number of hydrogen-bond acceptors (Lipinski definition) is 2. The molecule has 1 aliphatic carbocycles. The smallest absolute Gasteiger partial charge is 0.236 e. The van der Waals surface area contributed by atoms with Gasteiger partial charge in [0.1, 0.15) is 5.82 Å². The lowest BCUT2D eigenvalue weighted by molar-refractivity contribution is -0.121. The van der Waals surface area contributed by atoms with Gasteiger partial charge in [-0.1, -0.05) is 36.6 Å². The molecule has 3 rings (SSSR count). The number of rotatable bonds is 3. The van der Waals surface area contributed by atoms with Gasteiger partial charge >= 0.3 is 0 Å². The largest absolute Gasteiger partial charge is 0.310 e. The van der Waals surface area contributed by atoms with Crippen molar-refractivity contribution in [2.45, 2.75) is 31.1 Å². The van der Waals surface area contributed by atoms with Crippen molar-refractivity contribution in [1.29, 1.82) is 0 Å². The van der Waals surface area contributed by atoms with E-state index in [1.165, 1.54) is 0 Å². The molecule has 1 aromatic heterocycles. The predicted octanol–water partition coefficient (Wildman–Crippen LogP) is 4.95. The Morgan fingerprint density at radius 2 is 1.82 bits per heavy atom. The Morgan fingerprint density at radius 1 is 1.14 bits per heavy atom. The van der Waals surface area contributed by atoms with Crippen molar-refractivity contribution in [1.82, 2.24) is 4.98 Å². The predicted molar refractivity (Wildman–Crippen MR) is 92.2 cm³/mol. The van der Waals surface area contributed by atoms with Crippen molar-refractivity contribution in [2.75, 3.05) is 5.32 Å². The van der Waals surface area contributed by atoms with Crippen LogP contribution in [-0.2, 0) is 10.2 Å². The van der Waals surface area contributed by atoms with E-state index in [-0.39, 0.29) is 5.91 Å². The second-order valence-corrected chi connectivity index (χ2v) is 6.96. The van der Waals surface area contributed by atoms with Crippen LogP contribution in [0.2, 0.25) is 5.02 Å². The minimum Gasteiger partial charge on any atom is -0.310 e. The number of amides is 1. The summed E-state index contributed by atoms with van der Waals surface area (Å²) in [5, 5.41) is 3.65. The van der Waals surface area contributed by atoms with Gasteiger partial charge in [0.2, 0.25) is 5.91 Å². The lowest BCUT2D eigenvalue weighted by atomic mass is 9.78. The van der Waals surface area contributed by atoms with Gasteiger partial charge in [0.15, 0.2) is 0 Å². The topological polar surface area (TPSA) is 42.0 Å². The molecule has 1 N–H and O–H groups in total. The van der Waals surface area contributed by atoms with E-state index in [1.807, 2.05) is 30.3 Å². The molecular formula is C17H16BrClN2O. The summed E-state index contributed by atoms with van der Waals surface area (Å²) in [5.41, 5.74) is 0.559. The molecule has 1 aliphatic rings. The second-order valence-electron chi connectivity index (χ2n) is 5.61. The van der Waals surface area contributed by atoms with E-state index < -0.39 is 5.41 Å². The standard InChI is InChI=1S/C17H16BrClN2O/c18-13-5-8-15(20-11-13)21-16(22)17(9-1-2-10-17)12-3-6-14(19)7-4-12/h3-8,11H,1-2,9-10H2,(H,20,21,22). The number of aromatic nitrogens is 1. The van der Waals surface area contributed by atoms with Gasteiger partial charge in [-0.05, 0) is 58.6 Å².